The van der Waals surface area contributed by atoms with Crippen LogP contribution in [-0.4, -0.2) is 94.1 Å². The van der Waals surface area contributed by atoms with Gasteiger partial charge in [0.2, 0.25) is 0 Å². The van der Waals surface area contributed by atoms with Gasteiger partial charge in [-0.3, -0.25) is 9.59 Å². The van der Waals surface area contributed by atoms with E-state index in [0.717, 1.165) is 129 Å². The molecule has 0 N–H and O–H groups in total. The van der Waals surface area contributed by atoms with Gasteiger partial charge in [-0.15, -0.1) is 0 Å². The minimum Gasteiger partial charge on any atom is -0.465 e. The van der Waals surface area contributed by atoms with Crippen molar-refractivity contribution in [2.75, 3.05) is 66.2 Å². The van der Waals surface area contributed by atoms with Crippen molar-refractivity contribution in [3.63, 3.8) is 0 Å². The molecule has 0 saturated carbocycles. The fourth-order valence-electron chi connectivity index (χ4n) is 6.61. The first-order valence-electron chi connectivity index (χ1n) is 23.6. The summed E-state index contributed by atoms with van der Waals surface area (Å²) in [5.74, 6) is -1.02. The molecule has 1 heterocycles. The summed E-state index contributed by atoms with van der Waals surface area (Å²) in [5.41, 5.74) is 0. The highest BCUT2D eigenvalue weighted by Gasteiger charge is 2.19. The van der Waals surface area contributed by atoms with E-state index in [2.05, 4.69) is 79.3 Å². The van der Waals surface area contributed by atoms with E-state index in [-0.39, 0.29) is 38.4 Å². The lowest BCUT2D eigenvalue weighted by Crippen LogP contribution is -2.44. The lowest BCUT2D eigenvalue weighted by Gasteiger charge is -2.32. The molecule has 0 aromatic rings. The molecule has 0 aromatic carbocycles. The number of likely N-dealkylation sites (N-methyl/N-ethyl adjacent to an activating group) is 1. The van der Waals surface area contributed by atoms with E-state index < -0.39 is 12.1 Å². The number of unbranched alkanes of at least 4 members (excludes halogenated alkanes) is 16. The van der Waals surface area contributed by atoms with Crippen molar-refractivity contribution in [2.24, 2.45) is 5.92 Å². The van der Waals surface area contributed by atoms with Crippen LogP contribution in [0, 0.1) is 5.92 Å². The van der Waals surface area contributed by atoms with Crippen LogP contribution in [0.4, 0.5) is 4.79 Å². The molecule has 1 aliphatic heterocycles. The number of carbonyl (C=O) groups is 3. The molecule has 0 aromatic heterocycles. The lowest BCUT2D eigenvalue weighted by molar-refractivity contribution is -0.150. The van der Waals surface area contributed by atoms with Crippen LogP contribution < -0.4 is 0 Å². The van der Waals surface area contributed by atoms with Gasteiger partial charge >= 0.3 is 18.1 Å². The first kappa shape index (κ1) is 53.1. The number of hydrogen-bond donors (Lipinski definition) is 0. The minimum atomic E-state index is -0.753. The van der Waals surface area contributed by atoms with Crippen molar-refractivity contribution < 1.29 is 33.3 Å². The molecule has 0 aliphatic carbocycles. The smallest absolute Gasteiger partial charge is 0.465 e. The standard InChI is InChI=1S/C49H86N2O7/c1-4-6-8-10-12-14-16-18-20-22-24-26-28-30-32-35-47(52)56-43-46(45-58-49(54)55-42-34-37-51-40-38-50(3)39-41-51)44-57-48(53)36-33-31-29-27-25-23-21-19-17-15-13-11-9-7-5-2/h12-15,18-21,46H,4-11,16-17,22-45H2,1-3H3/b14-12-,15-13-,20-18-,21-19-. The Balaban J connectivity index is 2.29. The van der Waals surface area contributed by atoms with Crippen LogP contribution >= 0.6 is 0 Å². The van der Waals surface area contributed by atoms with Gasteiger partial charge in [0, 0.05) is 45.6 Å². The zero-order valence-corrected chi connectivity index (χ0v) is 37.5. The SMILES string of the molecule is CCCCC/C=C\C/C=C\CCCCCCCC(=O)OCC(COC(=O)CCCCCCC/C=C\C/C=C\CCCCC)COC(=O)OCCCN1CCN(C)CC1. The molecule has 1 aliphatic rings. The van der Waals surface area contributed by atoms with Crippen LogP contribution in [0.5, 0.6) is 0 Å². The maximum Gasteiger partial charge on any atom is 0.508 e. The molecule has 0 spiro atoms. The van der Waals surface area contributed by atoms with Crippen LogP contribution in [0.3, 0.4) is 0 Å². The van der Waals surface area contributed by atoms with E-state index in [1.807, 2.05) is 0 Å². The number of allylic oxidation sites excluding steroid dienone is 8. The van der Waals surface area contributed by atoms with Crippen molar-refractivity contribution in [2.45, 2.75) is 174 Å². The molecule has 0 bridgehead atoms. The van der Waals surface area contributed by atoms with Crippen molar-refractivity contribution in [3.8, 4) is 0 Å². The van der Waals surface area contributed by atoms with Crippen molar-refractivity contribution in [3.05, 3.63) is 48.6 Å². The molecule has 0 amide bonds. The quantitative estimate of drug-likeness (QED) is 0.0261. The molecule has 1 saturated heterocycles. The zero-order chi connectivity index (χ0) is 42.0. The van der Waals surface area contributed by atoms with Gasteiger partial charge in [0.05, 0.1) is 12.5 Å². The maximum atomic E-state index is 12.6. The Hall–Kier alpha value is -2.91. The Morgan fingerprint density at radius 1 is 0.483 bits per heavy atom. The number of hydrogen-bond acceptors (Lipinski definition) is 9. The molecular weight excluding hydrogens is 729 g/mol. The largest absolute Gasteiger partial charge is 0.508 e. The van der Waals surface area contributed by atoms with Gasteiger partial charge in [-0.2, -0.15) is 0 Å². The van der Waals surface area contributed by atoms with Gasteiger partial charge in [0.15, 0.2) is 0 Å². The summed E-state index contributed by atoms with van der Waals surface area (Å²) in [6.07, 6.45) is 43.5. The predicted molar refractivity (Wildman–Crippen MR) is 240 cm³/mol. The average molecular weight is 815 g/mol. The maximum absolute atomic E-state index is 12.6. The normalized spacial score (nSPS) is 14.1. The summed E-state index contributed by atoms with van der Waals surface area (Å²) >= 11 is 0. The fourth-order valence-corrected chi connectivity index (χ4v) is 6.61. The van der Waals surface area contributed by atoms with Gasteiger partial charge in [0.1, 0.15) is 19.8 Å². The third-order valence-electron chi connectivity index (χ3n) is 10.5. The topological polar surface area (TPSA) is 94.6 Å². The van der Waals surface area contributed by atoms with E-state index in [1.54, 1.807) is 0 Å². The van der Waals surface area contributed by atoms with Crippen LogP contribution in [0.2, 0.25) is 0 Å². The third-order valence-corrected chi connectivity index (χ3v) is 10.5. The summed E-state index contributed by atoms with van der Waals surface area (Å²) in [5, 5.41) is 0. The van der Waals surface area contributed by atoms with Gasteiger partial charge < -0.3 is 28.7 Å². The minimum absolute atomic E-state index is 0.0206. The second-order valence-corrected chi connectivity index (χ2v) is 16.1. The highest BCUT2D eigenvalue weighted by Crippen LogP contribution is 2.12. The summed E-state index contributed by atoms with van der Waals surface area (Å²) in [7, 11) is 2.13. The number of esters is 2. The van der Waals surface area contributed by atoms with Gasteiger partial charge in [0.25, 0.3) is 0 Å². The molecule has 1 fully saturated rings. The molecule has 9 heteroatoms. The van der Waals surface area contributed by atoms with E-state index in [0.29, 0.717) is 12.8 Å². The summed E-state index contributed by atoms with van der Waals surface area (Å²) in [4.78, 5) is 42.2. The third kappa shape index (κ3) is 36.2. The van der Waals surface area contributed by atoms with Gasteiger partial charge in [-0.25, -0.2) is 4.79 Å². The number of piperazine rings is 1. The van der Waals surface area contributed by atoms with Crippen molar-refractivity contribution in [1.29, 1.82) is 0 Å². The second kappa shape index (κ2) is 40.9. The number of carbonyl (C=O) groups excluding carboxylic acids is 3. The molecule has 58 heavy (non-hydrogen) atoms. The van der Waals surface area contributed by atoms with E-state index in [9.17, 15) is 14.4 Å². The Morgan fingerprint density at radius 2 is 0.897 bits per heavy atom. The van der Waals surface area contributed by atoms with Crippen molar-refractivity contribution in [1.82, 2.24) is 9.80 Å². The van der Waals surface area contributed by atoms with E-state index in [4.69, 9.17) is 18.9 Å². The summed E-state index contributed by atoms with van der Waals surface area (Å²) in [6.45, 7) is 9.74. The molecule has 0 radical (unpaired) electrons. The van der Waals surface area contributed by atoms with Gasteiger partial charge in [-0.1, -0.05) is 127 Å². The average Bonchev–Trinajstić information content (AvgIpc) is 3.22. The van der Waals surface area contributed by atoms with Crippen LogP contribution in [0.25, 0.3) is 0 Å². The Labute approximate surface area is 355 Å². The fraction of sp³-hybridized carbons (Fsp3) is 0.776. The number of nitrogens with zero attached hydrogens (tertiary/aromatic N) is 2. The molecule has 9 nitrogen and oxygen atoms in total. The summed E-state index contributed by atoms with van der Waals surface area (Å²) < 4.78 is 21.8. The highest BCUT2D eigenvalue weighted by atomic mass is 16.7. The van der Waals surface area contributed by atoms with Gasteiger partial charge in [-0.05, 0) is 90.5 Å². The van der Waals surface area contributed by atoms with E-state index >= 15 is 0 Å². The zero-order valence-electron chi connectivity index (χ0n) is 37.5. The monoisotopic (exact) mass is 815 g/mol. The highest BCUT2D eigenvalue weighted by molar-refractivity contribution is 5.69. The predicted octanol–water partition coefficient (Wildman–Crippen LogP) is 12.1. The molecule has 334 valence electrons. The van der Waals surface area contributed by atoms with Crippen LogP contribution in [0.1, 0.15) is 174 Å². The Bertz CT molecular complexity index is 1030. The second-order valence-electron chi connectivity index (χ2n) is 16.1. The lowest BCUT2D eigenvalue weighted by atomic mass is 10.1. The Kier molecular flexibility index (Phi) is 37.4. The first-order valence-corrected chi connectivity index (χ1v) is 23.6. The molecule has 0 unspecified atom stereocenters. The molecular formula is C49H86N2O7. The van der Waals surface area contributed by atoms with Crippen molar-refractivity contribution >= 4 is 18.1 Å². The summed E-state index contributed by atoms with van der Waals surface area (Å²) in [6, 6.07) is 0. The first-order chi connectivity index (χ1) is 28.4. The van der Waals surface area contributed by atoms with E-state index in [1.165, 1.54) is 51.4 Å². The van der Waals surface area contributed by atoms with Crippen LogP contribution in [-0.2, 0) is 28.5 Å². The number of ether oxygens (including phenoxy) is 4. The number of rotatable bonds is 38. The molecule has 0 atom stereocenters. The Morgan fingerprint density at radius 3 is 1.36 bits per heavy atom. The molecule has 1 rings (SSSR count). The van der Waals surface area contributed by atoms with Crippen LogP contribution in [0.15, 0.2) is 48.6 Å².